The number of aromatic nitrogens is 2. The van der Waals surface area contributed by atoms with Gasteiger partial charge in [-0.3, -0.25) is 4.79 Å². The average molecular weight is 332 g/mol. The van der Waals surface area contributed by atoms with Gasteiger partial charge in [0.25, 0.3) is 5.91 Å². The van der Waals surface area contributed by atoms with Crippen molar-refractivity contribution in [2.45, 2.75) is 6.18 Å². The number of alkyl halides is 3. The van der Waals surface area contributed by atoms with Crippen molar-refractivity contribution in [1.82, 2.24) is 9.97 Å². The minimum Gasteiger partial charge on any atom is -0.480 e. The van der Waals surface area contributed by atoms with Crippen LogP contribution in [0.4, 0.5) is 18.9 Å². The third kappa shape index (κ3) is 3.45. The second kappa shape index (κ2) is 6.18. The molecule has 0 bridgehead atoms. The summed E-state index contributed by atoms with van der Waals surface area (Å²) in [5.74, 6) is -0.979. The fraction of sp³-hybridized carbons (Fsp3) is 0.154. The molecule has 5 nitrogen and oxygen atoms in total. The zero-order valence-electron chi connectivity index (χ0n) is 11.1. The number of benzene rings is 1. The SMILES string of the molecule is COc1nc(Cl)ncc1C(=O)Nc1ccccc1C(F)(F)F. The third-order valence-corrected chi connectivity index (χ3v) is 2.83. The zero-order chi connectivity index (χ0) is 16.3. The maximum Gasteiger partial charge on any atom is 0.418 e. The highest BCUT2D eigenvalue weighted by molar-refractivity contribution is 6.28. The van der Waals surface area contributed by atoms with Crippen LogP contribution in [0.2, 0.25) is 5.28 Å². The summed E-state index contributed by atoms with van der Waals surface area (Å²) in [6, 6.07) is 4.61. The molecule has 1 N–H and O–H groups in total. The number of halogens is 4. The Kier molecular flexibility index (Phi) is 4.51. The minimum absolute atomic E-state index is 0.135. The summed E-state index contributed by atoms with van der Waals surface area (Å²) in [5.41, 5.74) is -1.47. The average Bonchev–Trinajstić information content (AvgIpc) is 2.46. The van der Waals surface area contributed by atoms with Gasteiger partial charge in [0.2, 0.25) is 11.2 Å². The van der Waals surface area contributed by atoms with E-state index in [0.29, 0.717) is 0 Å². The first-order chi connectivity index (χ1) is 10.3. The lowest BCUT2D eigenvalue weighted by atomic mass is 10.1. The van der Waals surface area contributed by atoms with Crippen LogP contribution in [-0.2, 0) is 6.18 Å². The summed E-state index contributed by atoms with van der Waals surface area (Å²) in [5, 5.41) is 2.02. The number of methoxy groups -OCH3 is 1. The quantitative estimate of drug-likeness (QED) is 0.875. The van der Waals surface area contributed by atoms with E-state index in [-0.39, 0.29) is 22.4 Å². The first-order valence-electron chi connectivity index (χ1n) is 5.87. The summed E-state index contributed by atoms with van der Waals surface area (Å²) in [6.45, 7) is 0. The molecule has 2 rings (SSSR count). The van der Waals surface area contributed by atoms with Gasteiger partial charge in [0.1, 0.15) is 5.56 Å². The highest BCUT2D eigenvalue weighted by atomic mass is 35.5. The van der Waals surface area contributed by atoms with Gasteiger partial charge in [-0.15, -0.1) is 0 Å². The summed E-state index contributed by atoms with van der Waals surface area (Å²) >= 11 is 5.56. The van der Waals surface area contributed by atoms with Crippen LogP contribution >= 0.6 is 11.6 Å². The van der Waals surface area contributed by atoms with Crippen molar-refractivity contribution in [2.75, 3.05) is 12.4 Å². The lowest BCUT2D eigenvalue weighted by Gasteiger charge is -2.14. The maximum absolute atomic E-state index is 12.9. The molecule has 116 valence electrons. The highest BCUT2D eigenvalue weighted by Gasteiger charge is 2.33. The lowest BCUT2D eigenvalue weighted by molar-refractivity contribution is -0.136. The van der Waals surface area contributed by atoms with Gasteiger partial charge in [0.05, 0.1) is 18.4 Å². The van der Waals surface area contributed by atoms with Crippen molar-refractivity contribution in [3.8, 4) is 5.88 Å². The minimum atomic E-state index is -4.59. The molecule has 1 aromatic carbocycles. The van der Waals surface area contributed by atoms with Gasteiger partial charge in [0, 0.05) is 6.20 Å². The Bertz CT molecular complexity index is 707. The molecule has 0 radical (unpaired) electrons. The molecule has 1 aromatic heterocycles. The van der Waals surface area contributed by atoms with Crippen molar-refractivity contribution in [2.24, 2.45) is 0 Å². The largest absolute Gasteiger partial charge is 0.480 e. The van der Waals surface area contributed by atoms with E-state index in [1.54, 1.807) is 0 Å². The number of hydrogen-bond donors (Lipinski definition) is 1. The van der Waals surface area contributed by atoms with Crippen LogP contribution in [0.25, 0.3) is 0 Å². The molecule has 0 spiro atoms. The van der Waals surface area contributed by atoms with E-state index in [9.17, 15) is 18.0 Å². The molecule has 0 saturated carbocycles. The van der Waals surface area contributed by atoms with E-state index < -0.39 is 17.6 Å². The topological polar surface area (TPSA) is 64.1 Å². The molecule has 22 heavy (non-hydrogen) atoms. The molecular weight excluding hydrogens is 323 g/mol. The number of anilines is 1. The maximum atomic E-state index is 12.9. The number of hydrogen-bond acceptors (Lipinski definition) is 4. The first-order valence-corrected chi connectivity index (χ1v) is 6.25. The molecule has 1 heterocycles. The monoisotopic (exact) mass is 331 g/mol. The molecule has 0 unspecified atom stereocenters. The third-order valence-electron chi connectivity index (χ3n) is 2.64. The van der Waals surface area contributed by atoms with E-state index in [1.807, 2.05) is 0 Å². The standard InChI is InChI=1S/C13H9ClF3N3O2/c1-22-11-7(6-18-12(14)20-11)10(21)19-9-5-3-2-4-8(9)13(15,16)17/h2-6H,1H3,(H,19,21). The predicted molar refractivity (Wildman–Crippen MR) is 73.0 cm³/mol. The Morgan fingerprint density at radius 1 is 1.32 bits per heavy atom. The zero-order valence-corrected chi connectivity index (χ0v) is 11.9. The Morgan fingerprint density at radius 2 is 2.00 bits per heavy atom. The van der Waals surface area contributed by atoms with E-state index >= 15 is 0 Å². The number of rotatable bonds is 3. The normalized spacial score (nSPS) is 11.1. The van der Waals surface area contributed by atoms with Crippen molar-refractivity contribution in [3.05, 3.63) is 46.9 Å². The van der Waals surface area contributed by atoms with Crippen LogP contribution in [0.1, 0.15) is 15.9 Å². The fourth-order valence-corrected chi connectivity index (χ4v) is 1.81. The van der Waals surface area contributed by atoms with E-state index in [0.717, 1.165) is 18.3 Å². The molecule has 0 aliphatic heterocycles. The van der Waals surface area contributed by atoms with Crippen LogP contribution in [0.3, 0.4) is 0 Å². The van der Waals surface area contributed by atoms with Gasteiger partial charge in [-0.05, 0) is 23.7 Å². The number of nitrogens with zero attached hydrogens (tertiary/aromatic N) is 2. The molecule has 9 heteroatoms. The van der Waals surface area contributed by atoms with Crippen LogP contribution in [0.15, 0.2) is 30.5 Å². The Balaban J connectivity index is 2.35. The van der Waals surface area contributed by atoms with Gasteiger partial charge >= 0.3 is 6.18 Å². The van der Waals surface area contributed by atoms with Crippen molar-refractivity contribution in [1.29, 1.82) is 0 Å². The number of ether oxygens (including phenoxy) is 1. The van der Waals surface area contributed by atoms with Gasteiger partial charge in [-0.25, -0.2) is 4.98 Å². The van der Waals surface area contributed by atoms with Crippen LogP contribution in [0.5, 0.6) is 5.88 Å². The highest BCUT2D eigenvalue weighted by Crippen LogP contribution is 2.34. The molecule has 0 aliphatic rings. The van der Waals surface area contributed by atoms with Gasteiger partial charge in [0.15, 0.2) is 0 Å². The van der Waals surface area contributed by atoms with Crippen molar-refractivity contribution >= 4 is 23.2 Å². The molecule has 0 fully saturated rings. The number of amides is 1. The molecule has 1 amide bonds. The van der Waals surface area contributed by atoms with E-state index in [4.69, 9.17) is 16.3 Å². The summed E-state index contributed by atoms with van der Waals surface area (Å²) in [6.07, 6.45) is -3.52. The first kappa shape index (κ1) is 16.0. The predicted octanol–water partition coefficient (Wildman–Crippen LogP) is 3.41. The number of nitrogens with one attached hydrogen (secondary N) is 1. The van der Waals surface area contributed by atoms with Crippen LogP contribution in [-0.4, -0.2) is 23.0 Å². The fourth-order valence-electron chi connectivity index (χ4n) is 1.69. The summed E-state index contributed by atoms with van der Waals surface area (Å²) in [4.78, 5) is 19.4. The number of para-hydroxylation sites is 1. The van der Waals surface area contributed by atoms with E-state index in [1.165, 1.54) is 19.2 Å². The van der Waals surface area contributed by atoms with Crippen molar-refractivity contribution in [3.63, 3.8) is 0 Å². The second-order valence-corrected chi connectivity index (χ2v) is 4.40. The molecule has 0 aliphatic carbocycles. The molecule has 0 atom stereocenters. The second-order valence-electron chi connectivity index (χ2n) is 4.06. The van der Waals surface area contributed by atoms with Crippen molar-refractivity contribution < 1.29 is 22.7 Å². The Hall–Kier alpha value is -2.35. The van der Waals surface area contributed by atoms with Gasteiger partial charge in [-0.2, -0.15) is 18.2 Å². The number of carbonyl (C=O) groups excluding carboxylic acids is 1. The lowest BCUT2D eigenvalue weighted by Crippen LogP contribution is -2.18. The van der Waals surface area contributed by atoms with Gasteiger partial charge in [-0.1, -0.05) is 12.1 Å². The summed E-state index contributed by atoms with van der Waals surface area (Å²) < 4.78 is 43.5. The van der Waals surface area contributed by atoms with E-state index in [2.05, 4.69) is 15.3 Å². The number of carbonyl (C=O) groups is 1. The molecular formula is C13H9ClF3N3O2. The smallest absolute Gasteiger partial charge is 0.418 e. The summed E-state index contributed by atoms with van der Waals surface area (Å²) in [7, 11) is 1.25. The molecule has 2 aromatic rings. The van der Waals surface area contributed by atoms with Crippen LogP contribution in [0, 0.1) is 0 Å². The van der Waals surface area contributed by atoms with Crippen LogP contribution < -0.4 is 10.1 Å². The molecule has 0 saturated heterocycles. The Morgan fingerprint density at radius 3 is 2.64 bits per heavy atom. The van der Waals surface area contributed by atoms with Gasteiger partial charge < -0.3 is 10.1 Å². The Labute approximate surface area is 128 Å².